The topological polar surface area (TPSA) is 41.6 Å². The van der Waals surface area contributed by atoms with E-state index < -0.39 is 0 Å². The van der Waals surface area contributed by atoms with E-state index in [1.807, 2.05) is 6.07 Å². The van der Waals surface area contributed by atoms with Crippen LogP contribution in [0.5, 0.6) is 0 Å². The molecule has 0 radical (unpaired) electrons. The Morgan fingerprint density at radius 2 is 2.05 bits per heavy atom. The molecule has 0 spiro atoms. The van der Waals surface area contributed by atoms with Gasteiger partial charge in [0, 0.05) is 0 Å². The molecule has 0 aliphatic rings. The largest absolute Gasteiger partial charge is 0.295 e. The van der Waals surface area contributed by atoms with Gasteiger partial charge in [0.25, 0.3) is 0 Å². The van der Waals surface area contributed by atoms with Crippen LogP contribution in [0.1, 0.15) is 11.4 Å². The summed E-state index contributed by atoms with van der Waals surface area (Å²) in [6, 6.07) is 13.6. The molecule has 0 aliphatic heterocycles. The summed E-state index contributed by atoms with van der Waals surface area (Å²) in [7, 11) is 0. The Hall–Kier alpha value is -2.38. The average Bonchev–Trinajstić information content (AvgIpc) is 2.85. The standard InChI is InChI=1S/C15H9ClFN3/c16-8-14-19-15-10(9-18)3-1-6-13(15)20(14)12-5-2-4-11(17)7-12/h1-7H,8H2. The fourth-order valence-corrected chi connectivity index (χ4v) is 2.41. The molecule has 0 unspecified atom stereocenters. The number of fused-ring (bicyclic) bond motifs is 1. The summed E-state index contributed by atoms with van der Waals surface area (Å²) in [5, 5.41) is 9.13. The van der Waals surface area contributed by atoms with Gasteiger partial charge in [0.2, 0.25) is 0 Å². The lowest BCUT2D eigenvalue weighted by atomic mass is 10.2. The number of alkyl halides is 1. The molecule has 1 heterocycles. The first-order valence-electron chi connectivity index (χ1n) is 5.97. The summed E-state index contributed by atoms with van der Waals surface area (Å²) in [6.07, 6.45) is 0. The molecule has 0 fully saturated rings. The van der Waals surface area contributed by atoms with Crippen LogP contribution in [-0.2, 0) is 5.88 Å². The summed E-state index contributed by atoms with van der Waals surface area (Å²) >= 11 is 5.93. The van der Waals surface area contributed by atoms with Gasteiger partial charge in [-0.1, -0.05) is 12.1 Å². The van der Waals surface area contributed by atoms with Crippen LogP contribution in [0.2, 0.25) is 0 Å². The molecule has 3 nitrogen and oxygen atoms in total. The molecule has 0 atom stereocenters. The molecule has 0 saturated heterocycles. The predicted octanol–water partition coefficient (Wildman–Crippen LogP) is 3.78. The molecular formula is C15H9ClFN3. The van der Waals surface area contributed by atoms with Crippen molar-refractivity contribution in [2.24, 2.45) is 0 Å². The van der Waals surface area contributed by atoms with E-state index in [9.17, 15) is 4.39 Å². The van der Waals surface area contributed by atoms with Gasteiger partial charge in [-0.3, -0.25) is 4.57 Å². The van der Waals surface area contributed by atoms with Crippen molar-refractivity contribution in [3.63, 3.8) is 0 Å². The number of hydrogen-bond acceptors (Lipinski definition) is 2. The molecule has 2 aromatic carbocycles. The van der Waals surface area contributed by atoms with Crippen LogP contribution in [0.25, 0.3) is 16.7 Å². The van der Waals surface area contributed by atoms with Crippen molar-refractivity contribution in [1.82, 2.24) is 9.55 Å². The number of halogens is 2. The molecule has 0 saturated carbocycles. The minimum atomic E-state index is -0.332. The van der Waals surface area contributed by atoms with E-state index in [2.05, 4.69) is 11.1 Å². The van der Waals surface area contributed by atoms with Crippen LogP contribution >= 0.6 is 11.6 Å². The lowest BCUT2D eigenvalue weighted by Gasteiger charge is -2.07. The number of aromatic nitrogens is 2. The van der Waals surface area contributed by atoms with Gasteiger partial charge in [-0.05, 0) is 30.3 Å². The van der Waals surface area contributed by atoms with Crippen LogP contribution in [-0.4, -0.2) is 9.55 Å². The molecule has 0 aliphatic carbocycles. The Morgan fingerprint density at radius 3 is 2.75 bits per heavy atom. The van der Waals surface area contributed by atoms with Crippen molar-refractivity contribution < 1.29 is 4.39 Å². The number of hydrogen-bond donors (Lipinski definition) is 0. The molecule has 20 heavy (non-hydrogen) atoms. The number of para-hydroxylation sites is 1. The van der Waals surface area contributed by atoms with E-state index in [1.54, 1.807) is 28.8 Å². The summed E-state index contributed by atoms with van der Waals surface area (Å²) in [4.78, 5) is 4.39. The van der Waals surface area contributed by atoms with Gasteiger partial charge >= 0.3 is 0 Å². The van der Waals surface area contributed by atoms with Gasteiger partial charge in [-0.25, -0.2) is 9.37 Å². The molecule has 0 bridgehead atoms. The predicted molar refractivity (Wildman–Crippen MR) is 75.3 cm³/mol. The first-order valence-corrected chi connectivity index (χ1v) is 6.50. The third-order valence-electron chi connectivity index (χ3n) is 3.06. The van der Waals surface area contributed by atoms with Crippen LogP contribution < -0.4 is 0 Å². The van der Waals surface area contributed by atoms with Gasteiger partial charge in [0.15, 0.2) is 0 Å². The van der Waals surface area contributed by atoms with Crippen molar-refractivity contribution in [1.29, 1.82) is 5.26 Å². The monoisotopic (exact) mass is 285 g/mol. The van der Waals surface area contributed by atoms with Gasteiger partial charge < -0.3 is 0 Å². The Labute approximate surface area is 119 Å². The van der Waals surface area contributed by atoms with E-state index >= 15 is 0 Å². The zero-order chi connectivity index (χ0) is 14.1. The molecular weight excluding hydrogens is 277 g/mol. The van der Waals surface area contributed by atoms with Gasteiger partial charge in [-0.2, -0.15) is 5.26 Å². The Morgan fingerprint density at radius 1 is 1.25 bits per heavy atom. The number of imidazole rings is 1. The normalized spacial score (nSPS) is 10.7. The molecule has 5 heteroatoms. The Bertz CT molecular complexity index is 833. The number of nitrogens with zero attached hydrogens (tertiary/aromatic N) is 3. The summed E-state index contributed by atoms with van der Waals surface area (Å²) in [5.74, 6) is 0.423. The van der Waals surface area contributed by atoms with E-state index in [0.717, 1.165) is 5.52 Å². The number of benzene rings is 2. The first kappa shape index (κ1) is 12.6. The van der Waals surface area contributed by atoms with Crippen molar-refractivity contribution in [2.75, 3.05) is 0 Å². The number of rotatable bonds is 2. The highest BCUT2D eigenvalue weighted by Crippen LogP contribution is 2.25. The molecule has 1 aromatic heterocycles. The first-order chi connectivity index (χ1) is 9.74. The van der Waals surface area contributed by atoms with E-state index in [0.29, 0.717) is 22.6 Å². The van der Waals surface area contributed by atoms with Crippen molar-refractivity contribution in [2.45, 2.75) is 5.88 Å². The van der Waals surface area contributed by atoms with Gasteiger partial charge in [0.05, 0.1) is 22.6 Å². The minimum Gasteiger partial charge on any atom is -0.295 e. The average molecular weight is 286 g/mol. The summed E-state index contributed by atoms with van der Waals surface area (Å²) in [5.41, 5.74) is 2.43. The maximum absolute atomic E-state index is 13.4. The fraction of sp³-hybridized carbons (Fsp3) is 0.0667. The third kappa shape index (κ3) is 1.93. The van der Waals surface area contributed by atoms with E-state index in [4.69, 9.17) is 16.9 Å². The van der Waals surface area contributed by atoms with E-state index in [1.165, 1.54) is 12.1 Å². The second-order valence-electron chi connectivity index (χ2n) is 4.26. The second-order valence-corrected chi connectivity index (χ2v) is 4.53. The Balaban J connectivity index is 2.38. The molecule has 3 aromatic rings. The van der Waals surface area contributed by atoms with Crippen molar-refractivity contribution in [3.8, 4) is 11.8 Å². The van der Waals surface area contributed by atoms with Crippen LogP contribution in [0.4, 0.5) is 4.39 Å². The molecule has 3 rings (SSSR count). The number of nitriles is 1. The summed E-state index contributed by atoms with van der Waals surface area (Å²) in [6.45, 7) is 0. The maximum Gasteiger partial charge on any atom is 0.129 e. The van der Waals surface area contributed by atoms with Crippen molar-refractivity contribution >= 4 is 22.6 Å². The molecule has 0 N–H and O–H groups in total. The molecule has 0 amide bonds. The second kappa shape index (κ2) is 4.95. The highest BCUT2D eigenvalue weighted by Gasteiger charge is 2.14. The molecule has 98 valence electrons. The van der Waals surface area contributed by atoms with Gasteiger partial charge in [-0.15, -0.1) is 11.6 Å². The highest BCUT2D eigenvalue weighted by atomic mass is 35.5. The maximum atomic E-state index is 13.4. The fourth-order valence-electron chi connectivity index (χ4n) is 2.23. The smallest absolute Gasteiger partial charge is 0.129 e. The summed E-state index contributed by atoms with van der Waals surface area (Å²) < 4.78 is 15.2. The zero-order valence-corrected chi connectivity index (χ0v) is 11.1. The van der Waals surface area contributed by atoms with Crippen molar-refractivity contribution in [3.05, 3.63) is 59.7 Å². The minimum absolute atomic E-state index is 0.177. The van der Waals surface area contributed by atoms with Gasteiger partial charge in [0.1, 0.15) is 23.2 Å². The Kier molecular flexibility index (Phi) is 3.13. The SMILES string of the molecule is N#Cc1cccc2c1nc(CCl)n2-c1cccc(F)c1. The van der Waals surface area contributed by atoms with E-state index in [-0.39, 0.29) is 11.7 Å². The van der Waals surface area contributed by atoms with Crippen LogP contribution in [0.3, 0.4) is 0 Å². The lowest BCUT2D eigenvalue weighted by Crippen LogP contribution is -1.99. The highest BCUT2D eigenvalue weighted by molar-refractivity contribution is 6.17. The lowest BCUT2D eigenvalue weighted by molar-refractivity contribution is 0.626. The van der Waals surface area contributed by atoms with Crippen LogP contribution in [0.15, 0.2) is 42.5 Å². The zero-order valence-electron chi connectivity index (χ0n) is 10.3. The third-order valence-corrected chi connectivity index (χ3v) is 3.30. The van der Waals surface area contributed by atoms with Crippen LogP contribution in [0, 0.1) is 17.1 Å². The quantitative estimate of drug-likeness (QED) is 0.673.